The van der Waals surface area contributed by atoms with Crippen molar-refractivity contribution in [1.82, 2.24) is 10.2 Å². The fraction of sp³-hybridized carbons (Fsp3) is 0.944. The summed E-state index contributed by atoms with van der Waals surface area (Å²) in [4.78, 5) is 2.75. The summed E-state index contributed by atoms with van der Waals surface area (Å²) in [5.74, 6) is 1.56. The lowest BCUT2D eigenvalue weighted by molar-refractivity contribution is 0.209. The first kappa shape index (κ1) is 15.3. The summed E-state index contributed by atoms with van der Waals surface area (Å²) < 4.78 is 0. The average Bonchev–Trinajstić information content (AvgIpc) is 3.40. The zero-order valence-electron chi connectivity index (χ0n) is 13.6. The second-order valence-corrected chi connectivity index (χ2v) is 7.56. The maximum Gasteiger partial charge on any atom is 0.109 e. The predicted octanol–water partition coefficient (Wildman–Crippen LogP) is 3.31. The van der Waals surface area contributed by atoms with Crippen LogP contribution in [0.4, 0.5) is 0 Å². The summed E-state index contributed by atoms with van der Waals surface area (Å²) in [7, 11) is 0. The normalized spacial score (nSPS) is 32.5. The van der Waals surface area contributed by atoms with E-state index in [2.05, 4.69) is 23.2 Å². The third-order valence-corrected chi connectivity index (χ3v) is 5.73. The molecule has 0 aromatic rings. The monoisotopic (exact) mass is 289 g/mol. The summed E-state index contributed by atoms with van der Waals surface area (Å²) in [6, 6.07) is 3.54. The molecule has 21 heavy (non-hydrogen) atoms. The zero-order chi connectivity index (χ0) is 14.7. The summed E-state index contributed by atoms with van der Waals surface area (Å²) in [5.41, 5.74) is -0.217. The van der Waals surface area contributed by atoms with Crippen molar-refractivity contribution in [3.8, 4) is 6.07 Å². The van der Waals surface area contributed by atoms with Crippen molar-refractivity contribution in [2.75, 3.05) is 19.6 Å². The molecule has 0 bridgehead atoms. The van der Waals surface area contributed by atoms with E-state index in [-0.39, 0.29) is 5.54 Å². The summed E-state index contributed by atoms with van der Waals surface area (Å²) in [6.45, 7) is 5.73. The minimum atomic E-state index is -0.217. The lowest BCUT2D eigenvalue weighted by atomic mass is 9.85. The second kappa shape index (κ2) is 6.67. The summed E-state index contributed by atoms with van der Waals surface area (Å²) in [6.07, 6.45) is 11.6. The van der Waals surface area contributed by atoms with E-state index in [1.165, 1.54) is 58.0 Å². The van der Waals surface area contributed by atoms with Crippen LogP contribution in [0.1, 0.15) is 64.7 Å². The minimum absolute atomic E-state index is 0.217. The summed E-state index contributed by atoms with van der Waals surface area (Å²) in [5, 5.41) is 13.3. The first-order valence-corrected chi connectivity index (χ1v) is 9.17. The molecule has 2 atom stereocenters. The van der Waals surface area contributed by atoms with Gasteiger partial charge in [0.2, 0.25) is 0 Å². The molecule has 3 rings (SSSR count). The van der Waals surface area contributed by atoms with Gasteiger partial charge in [-0.1, -0.05) is 13.3 Å². The minimum Gasteiger partial charge on any atom is -0.300 e. The maximum absolute atomic E-state index is 9.73. The molecular weight excluding hydrogens is 258 g/mol. The van der Waals surface area contributed by atoms with Gasteiger partial charge >= 0.3 is 0 Å². The van der Waals surface area contributed by atoms with Gasteiger partial charge in [-0.3, -0.25) is 5.32 Å². The number of rotatable bonds is 9. The lowest BCUT2D eigenvalue weighted by Gasteiger charge is -2.32. The molecule has 0 aliphatic heterocycles. The average molecular weight is 289 g/mol. The molecule has 3 fully saturated rings. The van der Waals surface area contributed by atoms with Crippen LogP contribution in [0.3, 0.4) is 0 Å². The van der Waals surface area contributed by atoms with Crippen molar-refractivity contribution < 1.29 is 0 Å². The molecule has 3 aliphatic rings. The smallest absolute Gasteiger partial charge is 0.109 e. The van der Waals surface area contributed by atoms with Gasteiger partial charge in [0.25, 0.3) is 0 Å². The van der Waals surface area contributed by atoms with Crippen LogP contribution in [0.2, 0.25) is 0 Å². The lowest BCUT2D eigenvalue weighted by Crippen LogP contribution is -2.48. The fourth-order valence-corrected chi connectivity index (χ4v) is 4.05. The SMILES string of the molecule is CCCNC1(C#N)CCCC1CCN(CC1CC1)C1CC1. The number of nitriles is 1. The van der Waals surface area contributed by atoms with Crippen LogP contribution in [-0.4, -0.2) is 36.1 Å². The van der Waals surface area contributed by atoms with Gasteiger partial charge in [0.1, 0.15) is 5.54 Å². The van der Waals surface area contributed by atoms with E-state index in [0.29, 0.717) is 5.92 Å². The van der Waals surface area contributed by atoms with Gasteiger partial charge in [-0.25, -0.2) is 0 Å². The Bertz CT molecular complexity index is 380. The van der Waals surface area contributed by atoms with Gasteiger partial charge in [-0.2, -0.15) is 5.26 Å². The van der Waals surface area contributed by atoms with Gasteiger partial charge < -0.3 is 4.90 Å². The molecule has 2 unspecified atom stereocenters. The Morgan fingerprint density at radius 1 is 1.24 bits per heavy atom. The first-order valence-electron chi connectivity index (χ1n) is 9.17. The van der Waals surface area contributed by atoms with E-state index in [4.69, 9.17) is 0 Å². The molecule has 3 heteroatoms. The van der Waals surface area contributed by atoms with Gasteiger partial charge in [0, 0.05) is 12.6 Å². The third kappa shape index (κ3) is 3.79. The van der Waals surface area contributed by atoms with E-state index < -0.39 is 0 Å². The van der Waals surface area contributed by atoms with E-state index in [9.17, 15) is 5.26 Å². The van der Waals surface area contributed by atoms with Crippen molar-refractivity contribution in [3.63, 3.8) is 0 Å². The Morgan fingerprint density at radius 2 is 2.05 bits per heavy atom. The van der Waals surface area contributed by atoms with Crippen LogP contribution in [0.15, 0.2) is 0 Å². The number of hydrogen-bond acceptors (Lipinski definition) is 3. The highest BCUT2D eigenvalue weighted by Crippen LogP contribution is 2.39. The molecule has 1 N–H and O–H groups in total. The largest absolute Gasteiger partial charge is 0.300 e. The number of hydrogen-bond donors (Lipinski definition) is 1. The van der Waals surface area contributed by atoms with E-state index >= 15 is 0 Å². The molecule has 0 radical (unpaired) electrons. The molecule has 0 aromatic heterocycles. The van der Waals surface area contributed by atoms with E-state index in [1.807, 2.05) is 0 Å². The number of nitrogens with one attached hydrogen (secondary N) is 1. The zero-order valence-corrected chi connectivity index (χ0v) is 13.6. The molecule has 0 amide bonds. The molecule has 0 heterocycles. The molecule has 0 spiro atoms. The standard InChI is InChI=1S/C18H31N3/c1-2-11-20-18(14-19)10-3-4-16(18)9-12-21(17-7-8-17)13-15-5-6-15/h15-17,20H,2-13H2,1H3. The Kier molecular flexibility index (Phi) is 4.86. The Morgan fingerprint density at radius 3 is 2.67 bits per heavy atom. The Hall–Kier alpha value is -0.590. The molecular formula is C18H31N3. The second-order valence-electron chi connectivity index (χ2n) is 7.56. The van der Waals surface area contributed by atoms with Crippen molar-refractivity contribution in [2.45, 2.75) is 76.3 Å². The molecule has 3 saturated carbocycles. The van der Waals surface area contributed by atoms with Crippen molar-refractivity contribution in [1.29, 1.82) is 5.26 Å². The highest BCUT2D eigenvalue weighted by molar-refractivity contribution is 5.14. The Balaban J connectivity index is 1.53. The fourth-order valence-electron chi connectivity index (χ4n) is 4.05. The van der Waals surface area contributed by atoms with Crippen LogP contribution in [0, 0.1) is 23.2 Å². The van der Waals surface area contributed by atoms with E-state index in [1.54, 1.807) is 0 Å². The molecule has 0 aromatic carbocycles. The van der Waals surface area contributed by atoms with Crippen molar-refractivity contribution in [2.24, 2.45) is 11.8 Å². The van der Waals surface area contributed by atoms with Gasteiger partial charge in [-0.15, -0.1) is 0 Å². The number of nitrogens with zero attached hydrogens (tertiary/aromatic N) is 2. The van der Waals surface area contributed by atoms with Crippen LogP contribution >= 0.6 is 0 Å². The topological polar surface area (TPSA) is 39.1 Å². The maximum atomic E-state index is 9.73. The third-order valence-electron chi connectivity index (χ3n) is 5.73. The highest BCUT2D eigenvalue weighted by Gasteiger charge is 2.43. The van der Waals surface area contributed by atoms with Crippen LogP contribution in [-0.2, 0) is 0 Å². The van der Waals surface area contributed by atoms with Gasteiger partial charge in [0.05, 0.1) is 6.07 Å². The quantitative estimate of drug-likeness (QED) is 0.708. The van der Waals surface area contributed by atoms with Crippen molar-refractivity contribution >= 4 is 0 Å². The Labute approximate surface area is 130 Å². The van der Waals surface area contributed by atoms with Crippen molar-refractivity contribution in [3.05, 3.63) is 0 Å². The molecule has 3 nitrogen and oxygen atoms in total. The van der Waals surface area contributed by atoms with Crippen LogP contribution in [0.5, 0.6) is 0 Å². The van der Waals surface area contributed by atoms with Gasteiger partial charge in [0.15, 0.2) is 0 Å². The molecule has 3 aliphatic carbocycles. The highest BCUT2D eigenvalue weighted by atomic mass is 15.2. The first-order chi connectivity index (χ1) is 10.3. The predicted molar refractivity (Wildman–Crippen MR) is 85.9 cm³/mol. The molecule has 118 valence electrons. The van der Waals surface area contributed by atoms with Gasteiger partial charge in [-0.05, 0) is 76.3 Å². The summed E-state index contributed by atoms with van der Waals surface area (Å²) >= 11 is 0. The van der Waals surface area contributed by atoms with E-state index in [0.717, 1.165) is 31.3 Å². The van der Waals surface area contributed by atoms with Crippen LogP contribution < -0.4 is 5.32 Å². The molecule has 0 saturated heterocycles. The van der Waals surface area contributed by atoms with Crippen LogP contribution in [0.25, 0.3) is 0 Å².